The van der Waals surface area contributed by atoms with Crippen LogP contribution in [0.15, 0.2) is 16.5 Å². The first-order chi connectivity index (χ1) is 7.63. The number of hydrogen-bond donors (Lipinski definition) is 3. The molecule has 0 saturated carbocycles. The van der Waals surface area contributed by atoms with E-state index < -0.39 is 12.1 Å². The molecular weight excluding hydrogens is 214 g/mol. The lowest BCUT2D eigenvalue weighted by molar-refractivity contribution is 0.0633. The van der Waals surface area contributed by atoms with Crippen molar-refractivity contribution in [1.82, 2.24) is 5.32 Å². The van der Waals surface area contributed by atoms with Crippen LogP contribution in [0.2, 0.25) is 0 Å². The zero-order valence-electron chi connectivity index (χ0n) is 8.97. The molecule has 16 heavy (non-hydrogen) atoms. The molecule has 1 rings (SSSR count). The Balaban J connectivity index is 2.29. The van der Waals surface area contributed by atoms with Gasteiger partial charge in [-0.05, 0) is 12.1 Å². The smallest absolute Gasteiger partial charge is 0.371 e. The number of aromatic carboxylic acids is 1. The molecule has 0 spiro atoms. The van der Waals surface area contributed by atoms with E-state index >= 15 is 0 Å². The van der Waals surface area contributed by atoms with Gasteiger partial charge in [-0.3, -0.25) is 0 Å². The number of aliphatic hydroxyl groups is 1. The molecular formula is C10H15NO5. The minimum atomic E-state index is -1.09. The van der Waals surface area contributed by atoms with Crippen molar-refractivity contribution in [1.29, 1.82) is 0 Å². The van der Waals surface area contributed by atoms with Crippen LogP contribution in [-0.2, 0) is 11.3 Å². The van der Waals surface area contributed by atoms with E-state index in [0.29, 0.717) is 18.8 Å². The first kappa shape index (κ1) is 12.7. The third-order valence-electron chi connectivity index (χ3n) is 1.91. The fraction of sp³-hybridized carbons (Fsp3) is 0.500. The van der Waals surface area contributed by atoms with E-state index in [-0.39, 0.29) is 12.4 Å². The largest absolute Gasteiger partial charge is 0.475 e. The van der Waals surface area contributed by atoms with Gasteiger partial charge in [0.05, 0.1) is 19.3 Å². The minimum absolute atomic E-state index is 0.0887. The molecule has 0 amide bonds. The van der Waals surface area contributed by atoms with Crippen LogP contribution in [0.5, 0.6) is 0 Å². The Kier molecular flexibility index (Phi) is 4.97. The molecule has 3 N–H and O–H groups in total. The molecule has 0 aromatic carbocycles. The van der Waals surface area contributed by atoms with Crippen molar-refractivity contribution in [3.8, 4) is 0 Å². The normalized spacial score (nSPS) is 12.6. The van der Waals surface area contributed by atoms with E-state index in [1.807, 2.05) is 0 Å². The summed E-state index contributed by atoms with van der Waals surface area (Å²) in [5.41, 5.74) is 0. The number of carboxylic acids is 1. The molecule has 6 heteroatoms. The number of carbonyl (C=O) groups is 1. The number of carboxylic acid groups (broad SMARTS) is 1. The number of methoxy groups -OCH3 is 1. The van der Waals surface area contributed by atoms with Gasteiger partial charge in [0.2, 0.25) is 5.76 Å². The zero-order chi connectivity index (χ0) is 12.0. The Hall–Kier alpha value is -1.37. The summed E-state index contributed by atoms with van der Waals surface area (Å²) in [6, 6.07) is 2.98. The molecule has 1 atom stereocenters. The lowest BCUT2D eigenvalue weighted by atomic mass is 10.3. The van der Waals surface area contributed by atoms with Crippen LogP contribution < -0.4 is 5.32 Å². The molecule has 0 radical (unpaired) electrons. The highest BCUT2D eigenvalue weighted by Gasteiger charge is 2.09. The monoisotopic (exact) mass is 229 g/mol. The van der Waals surface area contributed by atoms with Gasteiger partial charge in [0, 0.05) is 13.7 Å². The average Bonchev–Trinajstić information content (AvgIpc) is 2.67. The van der Waals surface area contributed by atoms with Crippen molar-refractivity contribution in [2.75, 3.05) is 20.3 Å². The van der Waals surface area contributed by atoms with Crippen LogP contribution in [0.4, 0.5) is 0 Å². The van der Waals surface area contributed by atoms with E-state index in [1.54, 1.807) is 6.07 Å². The van der Waals surface area contributed by atoms with Crippen LogP contribution in [0.25, 0.3) is 0 Å². The summed E-state index contributed by atoms with van der Waals surface area (Å²) < 4.78 is 9.76. The van der Waals surface area contributed by atoms with Crippen molar-refractivity contribution in [3.63, 3.8) is 0 Å². The van der Waals surface area contributed by atoms with E-state index in [9.17, 15) is 9.90 Å². The van der Waals surface area contributed by atoms with Gasteiger partial charge in [0.15, 0.2) is 0 Å². The van der Waals surface area contributed by atoms with Gasteiger partial charge < -0.3 is 24.7 Å². The molecule has 6 nitrogen and oxygen atoms in total. The Labute approximate surface area is 92.8 Å². The van der Waals surface area contributed by atoms with Gasteiger partial charge in [0.25, 0.3) is 0 Å². The molecule has 0 aliphatic rings. The molecule has 0 fully saturated rings. The molecule has 0 saturated heterocycles. The van der Waals surface area contributed by atoms with E-state index in [0.717, 1.165) is 0 Å². The van der Waals surface area contributed by atoms with Gasteiger partial charge in [-0.25, -0.2) is 4.79 Å². The maximum Gasteiger partial charge on any atom is 0.371 e. The van der Waals surface area contributed by atoms with Gasteiger partial charge in [-0.1, -0.05) is 0 Å². The Morgan fingerprint density at radius 2 is 2.38 bits per heavy atom. The minimum Gasteiger partial charge on any atom is -0.475 e. The van der Waals surface area contributed by atoms with Crippen molar-refractivity contribution in [2.24, 2.45) is 0 Å². The standard InChI is InChI=1S/C10H15NO5/c1-15-6-7(12)4-11-5-8-2-3-9(16-8)10(13)14/h2-3,7,11-12H,4-6H2,1H3,(H,13,14). The fourth-order valence-corrected chi connectivity index (χ4v) is 1.20. The highest BCUT2D eigenvalue weighted by molar-refractivity contribution is 5.84. The highest BCUT2D eigenvalue weighted by Crippen LogP contribution is 2.07. The molecule has 0 aliphatic heterocycles. The second kappa shape index (κ2) is 6.26. The van der Waals surface area contributed by atoms with Crippen LogP contribution in [-0.4, -0.2) is 42.5 Å². The number of ether oxygens (including phenoxy) is 1. The summed E-state index contributed by atoms with van der Waals surface area (Å²) >= 11 is 0. The van der Waals surface area contributed by atoms with Gasteiger partial charge in [-0.2, -0.15) is 0 Å². The summed E-state index contributed by atoms with van der Waals surface area (Å²) in [6.07, 6.45) is -0.584. The first-order valence-electron chi connectivity index (χ1n) is 4.83. The van der Waals surface area contributed by atoms with Crippen LogP contribution in [0.3, 0.4) is 0 Å². The van der Waals surface area contributed by atoms with Crippen molar-refractivity contribution in [2.45, 2.75) is 12.6 Å². The van der Waals surface area contributed by atoms with Gasteiger partial charge in [-0.15, -0.1) is 0 Å². The predicted octanol–water partition coefficient (Wildman–Crippen LogP) is 0.0747. The number of nitrogens with one attached hydrogen (secondary N) is 1. The average molecular weight is 229 g/mol. The maximum atomic E-state index is 10.5. The third-order valence-corrected chi connectivity index (χ3v) is 1.91. The molecule has 0 bridgehead atoms. The van der Waals surface area contributed by atoms with Gasteiger partial charge in [0.1, 0.15) is 5.76 Å². The second-order valence-electron chi connectivity index (χ2n) is 3.31. The second-order valence-corrected chi connectivity index (χ2v) is 3.31. The molecule has 1 heterocycles. The number of rotatable bonds is 7. The van der Waals surface area contributed by atoms with Crippen molar-refractivity contribution >= 4 is 5.97 Å². The molecule has 1 aromatic rings. The number of furan rings is 1. The number of hydrogen-bond acceptors (Lipinski definition) is 5. The van der Waals surface area contributed by atoms with Crippen LogP contribution >= 0.6 is 0 Å². The molecule has 0 aliphatic carbocycles. The van der Waals surface area contributed by atoms with E-state index in [1.165, 1.54) is 13.2 Å². The molecule has 90 valence electrons. The maximum absolute atomic E-state index is 10.5. The van der Waals surface area contributed by atoms with Crippen LogP contribution in [0, 0.1) is 0 Å². The Bertz CT molecular complexity index is 336. The lowest BCUT2D eigenvalue weighted by Crippen LogP contribution is -2.29. The van der Waals surface area contributed by atoms with Crippen molar-refractivity contribution in [3.05, 3.63) is 23.7 Å². The lowest BCUT2D eigenvalue weighted by Gasteiger charge is -2.09. The topological polar surface area (TPSA) is 91.9 Å². The fourth-order valence-electron chi connectivity index (χ4n) is 1.20. The summed E-state index contributed by atoms with van der Waals surface area (Å²) in [6.45, 7) is 0.983. The molecule has 1 unspecified atom stereocenters. The Morgan fingerprint density at radius 3 is 2.94 bits per heavy atom. The number of aliphatic hydroxyl groups excluding tert-OH is 1. The summed E-state index contributed by atoms with van der Waals surface area (Å²) in [5.74, 6) is -0.665. The van der Waals surface area contributed by atoms with Crippen molar-refractivity contribution < 1.29 is 24.2 Å². The SMILES string of the molecule is COCC(O)CNCc1ccc(C(=O)O)o1. The first-order valence-corrected chi connectivity index (χ1v) is 4.83. The summed E-state index contributed by atoms with van der Waals surface area (Å²) in [7, 11) is 1.51. The molecule has 1 aromatic heterocycles. The van der Waals surface area contributed by atoms with E-state index in [4.69, 9.17) is 14.3 Å². The summed E-state index contributed by atoms with van der Waals surface area (Å²) in [5, 5.41) is 20.8. The third kappa shape index (κ3) is 4.01. The van der Waals surface area contributed by atoms with Gasteiger partial charge >= 0.3 is 5.97 Å². The predicted molar refractivity (Wildman–Crippen MR) is 55.3 cm³/mol. The van der Waals surface area contributed by atoms with Crippen LogP contribution in [0.1, 0.15) is 16.3 Å². The highest BCUT2D eigenvalue weighted by atomic mass is 16.5. The quantitative estimate of drug-likeness (QED) is 0.613. The summed E-state index contributed by atoms with van der Waals surface area (Å²) in [4.78, 5) is 10.5. The zero-order valence-corrected chi connectivity index (χ0v) is 8.97. The van der Waals surface area contributed by atoms with E-state index in [2.05, 4.69) is 5.32 Å². The Morgan fingerprint density at radius 1 is 1.62 bits per heavy atom.